The molecule has 24 heavy (non-hydrogen) atoms. The van der Waals surface area contributed by atoms with Gasteiger partial charge in [0.2, 0.25) is 5.88 Å². The van der Waals surface area contributed by atoms with Gasteiger partial charge in [-0.15, -0.1) is 0 Å². The van der Waals surface area contributed by atoms with Gasteiger partial charge in [-0.25, -0.2) is 18.2 Å². The number of anilines is 1. The molecule has 1 aliphatic heterocycles. The number of rotatable bonds is 5. The summed E-state index contributed by atoms with van der Waals surface area (Å²) in [7, 11) is -1.48. The summed E-state index contributed by atoms with van der Waals surface area (Å²) in [4.78, 5) is 18.0. The third kappa shape index (κ3) is 5.34. The smallest absolute Gasteiger partial charge is 0.322 e. The van der Waals surface area contributed by atoms with Crippen molar-refractivity contribution in [3.8, 4) is 5.88 Å². The summed E-state index contributed by atoms with van der Waals surface area (Å²) in [6.07, 6.45) is 1.94. The van der Waals surface area contributed by atoms with Crippen molar-refractivity contribution in [2.24, 2.45) is 0 Å². The Morgan fingerprint density at radius 3 is 2.83 bits per heavy atom. The first-order valence-corrected chi connectivity index (χ1v) is 9.59. The van der Waals surface area contributed by atoms with Gasteiger partial charge in [0.1, 0.15) is 6.61 Å². The van der Waals surface area contributed by atoms with Crippen LogP contribution in [0.25, 0.3) is 0 Å². The molecule has 0 aliphatic carbocycles. The second kappa shape index (κ2) is 8.29. The van der Waals surface area contributed by atoms with Crippen molar-refractivity contribution < 1.29 is 22.7 Å². The van der Waals surface area contributed by atoms with Gasteiger partial charge in [0.05, 0.1) is 30.0 Å². The van der Waals surface area contributed by atoms with Crippen molar-refractivity contribution in [1.82, 2.24) is 9.88 Å². The molecule has 2 heterocycles. The van der Waals surface area contributed by atoms with Crippen LogP contribution >= 0.6 is 0 Å². The highest BCUT2D eigenvalue weighted by Crippen LogP contribution is 2.16. The molecular weight excluding hydrogens is 334 g/mol. The number of aromatic nitrogens is 1. The van der Waals surface area contributed by atoms with Crippen LogP contribution in [0.1, 0.15) is 13.3 Å². The van der Waals surface area contributed by atoms with Gasteiger partial charge >= 0.3 is 6.03 Å². The van der Waals surface area contributed by atoms with Crippen LogP contribution < -0.4 is 10.1 Å². The van der Waals surface area contributed by atoms with Crippen molar-refractivity contribution in [1.29, 1.82) is 0 Å². The van der Waals surface area contributed by atoms with E-state index in [9.17, 15) is 13.2 Å². The van der Waals surface area contributed by atoms with Crippen LogP contribution in [0, 0.1) is 0 Å². The number of nitrogens with zero attached hydrogens (tertiary/aromatic N) is 2. The number of amides is 2. The number of carbonyl (C=O) groups excluding carboxylic acids is 1. The molecule has 0 aromatic carbocycles. The van der Waals surface area contributed by atoms with Crippen molar-refractivity contribution in [3.63, 3.8) is 0 Å². The lowest BCUT2D eigenvalue weighted by atomic mass is 10.2. The fraction of sp³-hybridized carbons (Fsp3) is 0.600. The normalized spacial score (nSPS) is 20.2. The van der Waals surface area contributed by atoms with Crippen molar-refractivity contribution in [2.45, 2.75) is 19.4 Å². The molecule has 2 rings (SSSR count). The average Bonchev–Trinajstić information content (AvgIpc) is 2.68. The van der Waals surface area contributed by atoms with Gasteiger partial charge in [-0.3, -0.25) is 0 Å². The average molecular weight is 357 g/mol. The van der Waals surface area contributed by atoms with Crippen LogP contribution in [0.15, 0.2) is 18.3 Å². The molecule has 1 N–H and O–H groups in total. The highest BCUT2D eigenvalue weighted by Gasteiger charge is 2.27. The number of hydrogen-bond donors (Lipinski definition) is 1. The first-order chi connectivity index (χ1) is 11.4. The maximum atomic E-state index is 12.4. The van der Waals surface area contributed by atoms with E-state index in [1.165, 1.54) is 6.20 Å². The van der Waals surface area contributed by atoms with E-state index in [4.69, 9.17) is 9.47 Å². The molecule has 0 unspecified atom stereocenters. The number of ether oxygens (including phenoxy) is 2. The molecular formula is C15H23N3O5S. The van der Waals surface area contributed by atoms with Gasteiger partial charge in [0, 0.05) is 25.8 Å². The van der Waals surface area contributed by atoms with E-state index in [0.29, 0.717) is 31.2 Å². The van der Waals surface area contributed by atoms with E-state index in [1.54, 1.807) is 24.1 Å². The lowest BCUT2D eigenvalue weighted by Crippen LogP contribution is -2.42. The maximum Gasteiger partial charge on any atom is 0.322 e. The van der Waals surface area contributed by atoms with Gasteiger partial charge in [-0.1, -0.05) is 0 Å². The summed E-state index contributed by atoms with van der Waals surface area (Å²) >= 11 is 0. The molecule has 2 amide bonds. The third-order valence-corrected chi connectivity index (χ3v) is 5.47. The molecule has 0 bridgehead atoms. The predicted octanol–water partition coefficient (Wildman–Crippen LogP) is 1.15. The summed E-state index contributed by atoms with van der Waals surface area (Å²) in [5.74, 6) is 0.557. The van der Waals surface area contributed by atoms with E-state index in [1.807, 2.05) is 6.92 Å². The maximum absolute atomic E-state index is 12.4. The topological polar surface area (TPSA) is 97.8 Å². The van der Waals surface area contributed by atoms with E-state index < -0.39 is 9.84 Å². The predicted molar refractivity (Wildman–Crippen MR) is 90.1 cm³/mol. The highest BCUT2D eigenvalue weighted by atomic mass is 32.2. The van der Waals surface area contributed by atoms with E-state index in [2.05, 4.69) is 10.3 Å². The Labute approximate surface area is 142 Å². The zero-order valence-corrected chi connectivity index (χ0v) is 14.7. The van der Waals surface area contributed by atoms with Crippen LogP contribution in [0.4, 0.5) is 10.5 Å². The number of nitrogens with one attached hydrogen (secondary N) is 1. The van der Waals surface area contributed by atoms with Gasteiger partial charge in [0.25, 0.3) is 0 Å². The van der Waals surface area contributed by atoms with Gasteiger partial charge in [-0.05, 0) is 19.4 Å². The molecule has 134 valence electrons. The monoisotopic (exact) mass is 357 g/mol. The largest absolute Gasteiger partial charge is 0.475 e. The van der Waals surface area contributed by atoms with Crippen molar-refractivity contribution >= 4 is 21.6 Å². The Hall–Kier alpha value is -1.87. The minimum Gasteiger partial charge on any atom is -0.475 e. The molecule has 1 fully saturated rings. The summed E-state index contributed by atoms with van der Waals surface area (Å²) in [6.45, 7) is 2.91. The quantitative estimate of drug-likeness (QED) is 0.794. The third-order valence-electron chi connectivity index (χ3n) is 3.81. The van der Waals surface area contributed by atoms with Crippen molar-refractivity contribution in [3.05, 3.63) is 18.3 Å². The molecule has 0 radical (unpaired) electrons. The molecule has 9 heteroatoms. The number of methoxy groups -OCH3 is 1. The number of sulfone groups is 1. The summed E-state index contributed by atoms with van der Waals surface area (Å²) < 4.78 is 33.6. The van der Waals surface area contributed by atoms with Gasteiger partial charge in [-0.2, -0.15) is 0 Å². The lowest BCUT2D eigenvalue weighted by Gasteiger charge is -2.26. The molecule has 0 spiro atoms. The number of carbonyl (C=O) groups is 1. The van der Waals surface area contributed by atoms with Crippen LogP contribution in [0.3, 0.4) is 0 Å². The second-order valence-electron chi connectivity index (χ2n) is 5.64. The zero-order valence-electron chi connectivity index (χ0n) is 13.9. The van der Waals surface area contributed by atoms with Crippen LogP contribution in [0.2, 0.25) is 0 Å². The van der Waals surface area contributed by atoms with Crippen molar-refractivity contribution in [2.75, 3.05) is 43.7 Å². The standard InChI is InChI=1S/C15H23N3O5S/c1-12-5-9-24(20,21)10-6-18(12)15(19)17-13-3-4-14(16-11-13)23-8-7-22-2/h3-4,11-12H,5-10H2,1-2H3,(H,17,19)/t12-/m0/s1. The Morgan fingerprint density at radius 2 is 2.17 bits per heavy atom. The minimum absolute atomic E-state index is 0.00468. The number of pyridine rings is 1. The van der Waals surface area contributed by atoms with Crippen LogP contribution in [-0.4, -0.2) is 68.7 Å². The summed E-state index contributed by atoms with van der Waals surface area (Å²) in [5.41, 5.74) is 0.526. The molecule has 0 saturated carbocycles. The lowest BCUT2D eigenvalue weighted by molar-refractivity contribution is 0.144. The SMILES string of the molecule is COCCOc1ccc(NC(=O)N2CCS(=O)(=O)CC[C@@H]2C)cn1. The molecule has 1 saturated heterocycles. The summed E-state index contributed by atoms with van der Waals surface area (Å²) in [6, 6.07) is 2.88. The Balaban J connectivity index is 1.93. The first-order valence-electron chi connectivity index (χ1n) is 7.77. The highest BCUT2D eigenvalue weighted by molar-refractivity contribution is 7.91. The van der Waals surface area contributed by atoms with E-state index >= 15 is 0 Å². The number of urea groups is 1. The second-order valence-corrected chi connectivity index (χ2v) is 7.94. The summed E-state index contributed by atoms with van der Waals surface area (Å²) in [5, 5.41) is 2.74. The molecule has 1 aromatic rings. The van der Waals surface area contributed by atoms with E-state index in [-0.39, 0.29) is 30.1 Å². The van der Waals surface area contributed by atoms with Crippen LogP contribution in [-0.2, 0) is 14.6 Å². The minimum atomic E-state index is -3.07. The first kappa shape index (κ1) is 18.5. The van der Waals surface area contributed by atoms with Crippen LogP contribution in [0.5, 0.6) is 5.88 Å². The zero-order chi connectivity index (χ0) is 17.6. The Bertz CT molecular complexity index is 648. The molecule has 1 atom stereocenters. The molecule has 8 nitrogen and oxygen atoms in total. The Morgan fingerprint density at radius 1 is 1.38 bits per heavy atom. The molecule has 1 aliphatic rings. The van der Waals surface area contributed by atoms with Gasteiger partial charge < -0.3 is 19.7 Å². The number of hydrogen-bond acceptors (Lipinski definition) is 6. The fourth-order valence-corrected chi connectivity index (χ4v) is 3.71. The molecule has 1 aromatic heterocycles. The Kier molecular flexibility index (Phi) is 6.38. The van der Waals surface area contributed by atoms with E-state index in [0.717, 1.165) is 0 Å². The fourth-order valence-electron chi connectivity index (χ4n) is 2.33. The van der Waals surface area contributed by atoms with Gasteiger partial charge in [0.15, 0.2) is 9.84 Å².